The Labute approximate surface area is 130 Å². The summed E-state index contributed by atoms with van der Waals surface area (Å²) in [5.41, 5.74) is 3.23. The van der Waals surface area contributed by atoms with E-state index in [1.165, 1.54) is 17.7 Å². The Bertz CT molecular complexity index is 610. The third-order valence-corrected chi connectivity index (χ3v) is 3.58. The third kappa shape index (κ3) is 4.26. The fraction of sp³-hybridized carbons (Fsp3) is 0.235. The second kappa shape index (κ2) is 7.18. The van der Waals surface area contributed by atoms with Gasteiger partial charge in [0.1, 0.15) is 5.82 Å². The maximum Gasteiger partial charge on any atom is 0.171 e. The predicted octanol–water partition coefficient (Wildman–Crippen LogP) is 4.44. The summed E-state index contributed by atoms with van der Waals surface area (Å²) in [5.74, 6) is -0.233. The maximum atomic E-state index is 12.9. The number of aryl methyl sites for hydroxylation is 1. The molecule has 110 valence electrons. The Morgan fingerprint density at radius 2 is 1.81 bits per heavy atom. The van der Waals surface area contributed by atoms with Gasteiger partial charge >= 0.3 is 0 Å². The van der Waals surface area contributed by atoms with E-state index in [-0.39, 0.29) is 11.9 Å². The molecule has 0 saturated carbocycles. The number of thiocarbonyl (C=S) groups is 1. The van der Waals surface area contributed by atoms with Crippen molar-refractivity contribution in [3.8, 4) is 0 Å². The van der Waals surface area contributed by atoms with Crippen molar-refractivity contribution in [2.45, 2.75) is 26.3 Å². The lowest BCUT2D eigenvalue weighted by atomic mass is 10.1. The molecule has 2 aromatic rings. The average molecular weight is 302 g/mol. The highest BCUT2D eigenvalue weighted by molar-refractivity contribution is 7.80. The highest BCUT2D eigenvalue weighted by atomic mass is 32.1. The summed E-state index contributed by atoms with van der Waals surface area (Å²) < 4.78 is 12.9. The van der Waals surface area contributed by atoms with Crippen LogP contribution in [0.3, 0.4) is 0 Å². The van der Waals surface area contributed by atoms with Crippen LogP contribution in [-0.4, -0.2) is 5.11 Å². The maximum absolute atomic E-state index is 12.9. The van der Waals surface area contributed by atoms with Crippen molar-refractivity contribution >= 4 is 23.0 Å². The quantitative estimate of drug-likeness (QED) is 0.817. The van der Waals surface area contributed by atoms with Gasteiger partial charge in [0.15, 0.2) is 5.11 Å². The van der Waals surface area contributed by atoms with E-state index in [0.717, 1.165) is 17.7 Å². The number of hydrogen-bond acceptors (Lipinski definition) is 1. The molecule has 0 aliphatic heterocycles. The first-order chi connectivity index (χ1) is 10.1. The first-order valence-corrected chi connectivity index (χ1v) is 7.42. The van der Waals surface area contributed by atoms with Gasteiger partial charge in [-0.2, -0.15) is 0 Å². The summed E-state index contributed by atoms with van der Waals surface area (Å²) in [6, 6.07) is 14.5. The minimum absolute atomic E-state index is 0.0133. The van der Waals surface area contributed by atoms with E-state index < -0.39 is 0 Å². The number of hydrogen-bond donors (Lipinski definition) is 2. The monoisotopic (exact) mass is 302 g/mol. The van der Waals surface area contributed by atoms with Crippen molar-refractivity contribution in [1.29, 1.82) is 0 Å². The van der Waals surface area contributed by atoms with Crippen LogP contribution in [0, 0.1) is 5.82 Å². The van der Waals surface area contributed by atoms with Crippen molar-refractivity contribution in [1.82, 2.24) is 5.32 Å². The van der Waals surface area contributed by atoms with Crippen LogP contribution in [0.15, 0.2) is 48.5 Å². The molecule has 0 aromatic heterocycles. The summed E-state index contributed by atoms with van der Waals surface area (Å²) >= 11 is 5.35. The molecule has 21 heavy (non-hydrogen) atoms. The molecule has 0 aliphatic rings. The Balaban J connectivity index is 1.99. The van der Waals surface area contributed by atoms with Crippen LogP contribution >= 0.6 is 12.2 Å². The third-order valence-electron chi connectivity index (χ3n) is 3.36. The average Bonchev–Trinajstić information content (AvgIpc) is 2.48. The molecule has 2 N–H and O–H groups in total. The minimum atomic E-state index is -0.233. The van der Waals surface area contributed by atoms with E-state index in [9.17, 15) is 4.39 Å². The fourth-order valence-corrected chi connectivity index (χ4v) is 2.43. The molecule has 0 fully saturated rings. The molecule has 0 unspecified atom stereocenters. The first kappa shape index (κ1) is 15.4. The van der Waals surface area contributed by atoms with Gasteiger partial charge in [0.05, 0.1) is 6.04 Å². The van der Waals surface area contributed by atoms with Crippen molar-refractivity contribution in [3.63, 3.8) is 0 Å². The van der Waals surface area contributed by atoms with E-state index in [1.54, 1.807) is 12.1 Å². The molecule has 2 nitrogen and oxygen atoms in total. The molecule has 0 saturated heterocycles. The van der Waals surface area contributed by atoms with Crippen molar-refractivity contribution in [2.75, 3.05) is 5.32 Å². The van der Waals surface area contributed by atoms with Crippen LogP contribution in [0.4, 0.5) is 10.1 Å². The number of nitrogens with one attached hydrogen (secondary N) is 2. The lowest BCUT2D eigenvalue weighted by Gasteiger charge is -2.18. The smallest absolute Gasteiger partial charge is 0.171 e. The van der Waals surface area contributed by atoms with E-state index in [2.05, 4.69) is 23.6 Å². The molecule has 0 aliphatic carbocycles. The second-order valence-electron chi connectivity index (χ2n) is 4.88. The summed E-state index contributed by atoms with van der Waals surface area (Å²) in [6.07, 6.45) is 0.944. The number of benzene rings is 2. The molecule has 0 heterocycles. The number of para-hydroxylation sites is 1. The van der Waals surface area contributed by atoms with Crippen LogP contribution in [0.2, 0.25) is 0 Å². The van der Waals surface area contributed by atoms with Crippen molar-refractivity contribution in [3.05, 3.63) is 65.5 Å². The van der Waals surface area contributed by atoms with E-state index in [4.69, 9.17) is 12.2 Å². The molecule has 2 aromatic carbocycles. The first-order valence-electron chi connectivity index (χ1n) is 7.01. The van der Waals surface area contributed by atoms with Gasteiger partial charge in [0.2, 0.25) is 0 Å². The molecule has 0 bridgehead atoms. The Morgan fingerprint density at radius 1 is 1.14 bits per heavy atom. The highest BCUT2D eigenvalue weighted by Crippen LogP contribution is 2.17. The molecule has 1 atom stereocenters. The zero-order chi connectivity index (χ0) is 15.2. The van der Waals surface area contributed by atoms with Gasteiger partial charge in [-0.05, 0) is 54.9 Å². The van der Waals surface area contributed by atoms with Crippen LogP contribution in [-0.2, 0) is 6.42 Å². The second-order valence-corrected chi connectivity index (χ2v) is 5.29. The van der Waals surface area contributed by atoms with Gasteiger partial charge in [0.25, 0.3) is 0 Å². The van der Waals surface area contributed by atoms with Gasteiger partial charge in [-0.3, -0.25) is 0 Å². The molecule has 4 heteroatoms. The zero-order valence-electron chi connectivity index (χ0n) is 12.2. The van der Waals surface area contributed by atoms with Crippen LogP contribution in [0.25, 0.3) is 0 Å². The molecule has 0 amide bonds. The Hall–Kier alpha value is -1.94. The molecule has 0 radical (unpaired) electrons. The lowest BCUT2D eigenvalue weighted by Crippen LogP contribution is -2.31. The van der Waals surface area contributed by atoms with Crippen LogP contribution in [0.5, 0.6) is 0 Å². The lowest BCUT2D eigenvalue weighted by molar-refractivity contribution is 0.624. The fourth-order valence-electron chi connectivity index (χ4n) is 2.14. The van der Waals surface area contributed by atoms with E-state index >= 15 is 0 Å². The van der Waals surface area contributed by atoms with Gasteiger partial charge in [-0.25, -0.2) is 4.39 Å². The SMILES string of the molecule is CCc1ccccc1NC(=S)N[C@H](C)c1ccc(F)cc1. The molecular formula is C17H19FN2S. The van der Waals surface area contributed by atoms with Gasteiger partial charge in [0, 0.05) is 5.69 Å². The van der Waals surface area contributed by atoms with E-state index in [0.29, 0.717) is 5.11 Å². The Morgan fingerprint density at radius 3 is 2.48 bits per heavy atom. The van der Waals surface area contributed by atoms with Gasteiger partial charge < -0.3 is 10.6 Å². The van der Waals surface area contributed by atoms with Gasteiger partial charge in [-0.15, -0.1) is 0 Å². The number of anilines is 1. The van der Waals surface area contributed by atoms with Crippen LogP contribution < -0.4 is 10.6 Å². The summed E-state index contributed by atoms with van der Waals surface area (Å²) in [7, 11) is 0. The summed E-state index contributed by atoms with van der Waals surface area (Å²) in [4.78, 5) is 0. The van der Waals surface area contributed by atoms with Crippen molar-refractivity contribution in [2.24, 2.45) is 0 Å². The normalized spacial score (nSPS) is 11.8. The zero-order valence-corrected chi connectivity index (χ0v) is 13.0. The van der Waals surface area contributed by atoms with E-state index in [1.807, 2.05) is 25.1 Å². The molecular weight excluding hydrogens is 283 g/mol. The standard InChI is InChI=1S/C17H19FN2S/c1-3-13-6-4-5-7-16(13)20-17(21)19-12(2)14-8-10-15(18)11-9-14/h4-12H,3H2,1-2H3,(H2,19,20,21)/t12-/m1/s1. The molecule has 0 spiro atoms. The highest BCUT2D eigenvalue weighted by Gasteiger charge is 2.08. The van der Waals surface area contributed by atoms with Gasteiger partial charge in [-0.1, -0.05) is 37.3 Å². The predicted molar refractivity (Wildman–Crippen MR) is 90.0 cm³/mol. The number of rotatable bonds is 4. The summed E-state index contributed by atoms with van der Waals surface area (Å²) in [6.45, 7) is 4.10. The Kier molecular flexibility index (Phi) is 5.28. The molecule has 2 rings (SSSR count). The van der Waals surface area contributed by atoms with Crippen LogP contribution in [0.1, 0.15) is 31.0 Å². The minimum Gasteiger partial charge on any atom is -0.356 e. The largest absolute Gasteiger partial charge is 0.356 e. The number of halogens is 1. The topological polar surface area (TPSA) is 24.1 Å². The van der Waals surface area contributed by atoms with Crippen molar-refractivity contribution < 1.29 is 4.39 Å². The summed E-state index contributed by atoms with van der Waals surface area (Å²) in [5, 5.41) is 7.00.